The Hall–Kier alpha value is -0.410. The summed E-state index contributed by atoms with van der Waals surface area (Å²) < 4.78 is 1.02. The molecule has 1 atom stereocenters. The first-order chi connectivity index (χ1) is 5.13. The fourth-order valence-corrected chi connectivity index (χ4v) is 1.32. The van der Waals surface area contributed by atoms with E-state index < -0.39 is 0 Å². The lowest BCUT2D eigenvalue weighted by Gasteiger charge is -2.09. The molecule has 1 aromatic heterocycles. The van der Waals surface area contributed by atoms with Crippen LogP contribution in [0.3, 0.4) is 0 Å². The van der Waals surface area contributed by atoms with Crippen LogP contribution in [-0.4, -0.2) is 4.98 Å². The van der Waals surface area contributed by atoms with Crippen LogP contribution in [0.25, 0.3) is 0 Å². The van der Waals surface area contributed by atoms with Crippen molar-refractivity contribution in [2.24, 2.45) is 5.73 Å². The largest absolute Gasteiger partial charge is 0.324 e. The van der Waals surface area contributed by atoms with Crippen LogP contribution >= 0.6 is 15.9 Å². The van der Waals surface area contributed by atoms with Crippen LogP contribution < -0.4 is 5.73 Å². The molecule has 1 aromatic rings. The molecular formula is C8H11BrN2. The van der Waals surface area contributed by atoms with Gasteiger partial charge in [0.25, 0.3) is 0 Å². The third kappa shape index (κ3) is 1.79. The first-order valence-corrected chi connectivity index (χ1v) is 4.28. The highest BCUT2D eigenvalue weighted by Gasteiger charge is 2.05. The zero-order valence-electron chi connectivity index (χ0n) is 6.63. The maximum Gasteiger partial charge on any atom is 0.0413 e. The minimum Gasteiger partial charge on any atom is -0.324 e. The van der Waals surface area contributed by atoms with Gasteiger partial charge in [0.15, 0.2) is 0 Å². The predicted octanol–water partition coefficient (Wildman–Crippen LogP) is 2.17. The lowest BCUT2D eigenvalue weighted by molar-refractivity contribution is 0.801. The predicted molar refractivity (Wildman–Crippen MR) is 49.3 cm³/mol. The van der Waals surface area contributed by atoms with Gasteiger partial charge in [-0.1, -0.05) is 0 Å². The van der Waals surface area contributed by atoms with E-state index in [2.05, 4.69) is 20.9 Å². The molecule has 2 N–H and O–H groups in total. The number of nitrogens with two attached hydrogens (primary N) is 1. The van der Waals surface area contributed by atoms with Gasteiger partial charge in [-0.2, -0.15) is 0 Å². The van der Waals surface area contributed by atoms with Crippen molar-refractivity contribution >= 4 is 15.9 Å². The summed E-state index contributed by atoms with van der Waals surface area (Å²) in [5.74, 6) is 0. The molecule has 0 aliphatic carbocycles. The van der Waals surface area contributed by atoms with Crippen molar-refractivity contribution in [3.05, 3.63) is 28.0 Å². The normalized spacial score (nSPS) is 13.1. The minimum atomic E-state index is 0.0556. The summed E-state index contributed by atoms with van der Waals surface area (Å²) in [6, 6.07) is 0.0556. The summed E-state index contributed by atoms with van der Waals surface area (Å²) in [6.07, 6.45) is 3.59. The van der Waals surface area contributed by atoms with Gasteiger partial charge < -0.3 is 5.73 Å². The lowest BCUT2D eigenvalue weighted by Crippen LogP contribution is -2.07. The van der Waals surface area contributed by atoms with Crippen LogP contribution in [0.15, 0.2) is 16.9 Å². The quantitative estimate of drug-likeness (QED) is 0.779. The lowest BCUT2D eigenvalue weighted by atomic mass is 10.1. The van der Waals surface area contributed by atoms with Crippen LogP contribution in [-0.2, 0) is 0 Å². The standard InChI is InChI=1S/C8H11BrN2/c1-5-7(6(2)10)3-11-4-8(5)9/h3-4,6H,10H2,1-2H3/t6-/m0/s1. The Labute approximate surface area is 75.0 Å². The van der Waals surface area contributed by atoms with E-state index in [1.165, 1.54) is 5.56 Å². The number of halogens is 1. The summed E-state index contributed by atoms with van der Waals surface area (Å²) in [5.41, 5.74) is 8.00. The van der Waals surface area contributed by atoms with Crippen molar-refractivity contribution in [3.63, 3.8) is 0 Å². The highest BCUT2D eigenvalue weighted by atomic mass is 79.9. The van der Waals surface area contributed by atoms with Crippen molar-refractivity contribution in [1.82, 2.24) is 4.98 Å². The highest BCUT2D eigenvalue weighted by molar-refractivity contribution is 9.10. The molecule has 1 heterocycles. The van der Waals surface area contributed by atoms with E-state index >= 15 is 0 Å². The molecule has 0 radical (unpaired) electrons. The zero-order valence-corrected chi connectivity index (χ0v) is 8.22. The Morgan fingerprint density at radius 2 is 2.18 bits per heavy atom. The molecule has 0 fully saturated rings. The Morgan fingerprint density at radius 3 is 2.64 bits per heavy atom. The van der Waals surface area contributed by atoms with E-state index in [9.17, 15) is 0 Å². The summed E-state index contributed by atoms with van der Waals surface area (Å²) in [7, 11) is 0. The Bertz CT molecular complexity index is 258. The summed E-state index contributed by atoms with van der Waals surface area (Å²) in [4.78, 5) is 4.04. The van der Waals surface area contributed by atoms with Crippen molar-refractivity contribution < 1.29 is 0 Å². The van der Waals surface area contributed by atoms with E-state index in [-0.39, 0.29) is 6.04 Å². The molecule has 0 saturated heterocycles. The maximum absolute atomic E-state index is 5.72. The molecule has 60 valence electrons. The fourth-order valence-electron chi connectivity index (χ4n) is 0.974. The van der Waals surface area contributed by atoms with Gasteiger partial charge in [-0.25, -0.2) is 0 Å². The van der Waals surface area contributed by atoms with Gasteiger partial charge in [0, 0.05) is 22.9 Å². The van der Waals surface area contributed by atoms with Gasteiger partial charge in [-0.05, 0) is 40.9 Å². The number of rotatable bonds is 1. The van der Waals surface area contributed by atoms with Gasteiger partial charge in [0.05, 0.1) is 0 Å². The van der Waals surface area contributed by atoms with Gasteiger partial charge in [-0.15, -0.1) is 0 Å². The number of aromatic nitrogens is 1. The SMILES string of the molecule is Cc1c(Br)cncc1[C@H](C)N. The zero-order chi connectivity index (χ0) is 8.43. The van der Waals surface area contributed by atoms with Gasteiger partial charge in [0.2, 0.25) is 0 Å². The molecule has 0 saturated carbocycles. The monoisotopic (exact) mass is 214 g/mol. The Balaban J connectivity index is 3.17. The number of hydrogen-bond acceptors (Lipinski definition) is 2. The molecule has 0 aromatic carbocycles. The molecule has 0 unspecified atom stereocenters. The highest BCUT2D eigenvalue weighted by Crippen LogP contribution is 2.21. The molecule has 3 heteroatoms. The molecule has 2 nitrogen and oxygen atoms in total. The van der Waals surface area contributed by atoms with E-state index in [1.54, 1.807) is 6.20 Å². The van der Waals surface area contributed by atoms with E-state index in [4.69, 9.17) is 5.73 Å². The van der Waals surface area contributed by atoms with Crippen molar-refractivity contribution in [3.8, 4) is 0 Å². The first-order valence-electron chi connectivity index (χ1n) is 3.48. The first kappa shape index (κ1) is 8.68. The summed E-state index contributed by atoms with van der Waals surface area (Å²) >= 11 is 3.40. The molecule has 0 aliphatic rings. The molecule has 0 bridgehead atoms. The van der Waals surface area contributed by atoms with Crippen LogP contribution in [0.5, 0.6) is 0 Å². The van der Waals surface area contributed by atoms with Crippen molar-refractivity contribution in [2.75, 3.05) is 0 Å². The van der Waals surface area contributed by atoms with Crippen LogP contribution in [0.4, 0.5) is 0 Å². The number of hydrogen-bond donors (Lipinski definition) is 1. The topological polar surface area (TPSA) is 38.9 Å². The van der Waals surface area contributed by atoms with E-state index in [0.29, 0.717) is 0 Å². The van der Waals surface area contributed by atoms with E-state index in [0.717, 1.165) is 10.0 Å². The summed E-state index contributed by atoms with van der Waals surface area (Å²) in [6.45, 7) is 3.99. The Kier molecular flexibility index (Phi) is 2.62. The number of pyridine rings is 1. The average molecular weight is 215 g/mol. The minimum absolute atomic E-state index is 0.0556. The second kappa shape index (κ2) is 3.32. The van der Waals surface area contributed by atoms with Gasteiger partial charge >= 0.3 is 0 Å². The van der Waals surface area contributed by atoms with Crippen LogP contribution in [0.2, 0.25) is 0 Å². The second-order valence-electron chi connectivity index (χ2n) is 2.62. The second-order valence-corrected chi connectivity index (χ2v) is 3.48. The molecule has 0 aliphatic heterocycles. The molecular weight excluding hydrogens is 204 g/mol. The van der Waals surface area contributed by atoms with Crippen LogP contribution in [0, 0.1) is 6.92 Å². The molecule has 1 rings (SSSR count). The van der Waals surface area contributed by atoms with Crippen LogP contribution in [0.1, 0.15) is 24.1 Å². The fraction of sp³-hybridized carbons (Fsp3) is 0.375. The maximum atomic E-state index is 5.72. The smallest absolute Gasteiger partial charge is 0.0413 e. The molecule has 11 heavy (non-hydrogen) atoms. The third-order valence-electron chi connectivity index (χ3n) is 1.68. The van der Waals surface area contributed by atoms with E-state index in [1.807, 2.05) is 20.0 Å². The number of nitrogens with zero attached hydrogens (tertiary/aromatic N) is 1. The average Bonchev–Trinajstić information content (AvgIpc) is 1.94. The van der Waals surface area contributed by atoms with Crippen molar-refractivity contribution in [2.45, 2.75) is 19.9 Å². The van der Waals surface area contributed by atoms with Gasteiger partial charge in [-0.3, -0.25) is 4.98 Å². The molecule has 0 spiro atoms. The molecule has 0 amide bonds. The summed E-state index contributed by atoms with van der Waals surface area (Å²) in [5, 5.41) is 0. The van der Waals surface area contributed by atoms with Crippen molar-refractivity contribution in [1.29, 1.82) is 0 Å². The third-order valence-corrected chi connectivity index (χ3v) is 2.48. The van der Waals surface area contributed by atoms with Gasteiger partial charge in [0.1, 0.15) is 0 Å². The Morgan fingerprint density at radius 1 is 1.55 bits per heavy atom.